The lowest BCUT2D eigenvalue weighted by atomic mass is 10.2. The summed E-state index contributed by atoms with van der Waals surface area (Å²) in [6, 6.07) is -3.05. The molecule has 0 aromatic carbocycles. The molecule has 0 heterocycles. The van der Waals surface area contributed by atoms with E-state index in [9.17, 15) is 14.4 Å². The Labute approximate surface area is 127 Å². The minimum Gasteiger partial charge on any atom is -0.480 e. The van der Waals surface area contributed by atoms with Crippen LogP contribution in [0.2, 0.25) is 0 Å². The van der Waals surface area contributed by atoms with Crippen LogP contribution in [0.5, 0.6) is 0 Å². The molecule has 0 unspecified atom stereocenters. The molecule has 0 saturated heterocycles. The molecule has 0 rings (SSSR count). The van der Waals surface area contributed by atoms with Crippen molar-refractivity contribution in [2.75, 3.05) is 0 Å². The molecule has 22 heavy (non-hydrogen) atoms. The lowest BCUT2D eigenvalue weighted by Crippen LogP contribution is -2.39. The summed E-state index contributed by atoms with van der Waals surface area (Å²) in [5.74, 6) is -3.32. The van der Waals surface area contributed by atoms with Gasteiger partial charge >= 0.3 is 17.9 Å². The molecule has 11 nitrogen and oxygen atoms in total. The van der Waals surface area contributed by atoms with Crippen LogP contribution in [0.25, 0.3) is 0 Å². The number of rotatable bonds is 5. The number of hydrogen-bond acceptors (Lipinski definition) is 8. The van der Waals surface area contributed by atoms with E-state index in [-0.39, 0.29) is 0 Å². The summed E-state index contributed by atoms with van der Waals surface area (Å²) in [6.45, 7) is 4.08. The number of aliphatic hydroxyl groups excluding tert-OH is 2. The van der Waals surface area contributed by atoms with Crippen LogP contribution in [0.1, 0.15) is 20.8 Å². The quantitative estimate of drug-likeness (QED) is 0.253. The summed E-state index contributed by atoms with van der Waals surface area (Å²) in [4.78, 5) is 29.3. The van der Waals surface area contributed by atoms with Gasteiger partial charge in [0.05, 0.1) is 12.2 Å². The zero-order valence-corrected chi connectivity index (χ0v) is 12.6. The van der Waals surface area contributed by atoms with Gasteiger partial charge in [-0.1, -0.05) is 0 Å². The van der Waals surface area contributed by atoms with Gasteiger partial charge in [-0.05, 0) is 20.8 Å². The normalized spacial score (nSPS) is 16.4. The molecular weight excluding hydrogens is 302 g/mol. The van der Waals surface area contributed by atoms with Crippen molar-refractivity contribution in [1.82, 2.24) is 0 Å². The molecule has 11 heteroatoms. The lowest BCUT2D eigenvalue weighted by molar-refractivity contribution is -0.141. The van der Waals surface area contributed by atoms with Gasteiger partial charge in [0.15, 0.2) is 0 Å². The van der Waals surface area contributed by atoms with Crippen LogP contribution in [-0.4, -0.2) is 73.8 Å². The van der Waals surface area contributed by atoms with Gasteiger partial charge in [0.2, 0.25) is 0 Å². The zero-order valence-electron chi connectivity index (χ0n) is 12.6. The highest BCUT2D eigenvalue weighted by atomic mass is 16.4. The fourth-order valence-corrected chi connectivity index (χ4v) is 0.413. The van der Waals surface area contributed by atoms with E-state index in [1.165, 1.54) is 20.8 Å². The summed E-state index contributed by atoms with van der Waals surface area (Å²) < 4.78 is 0. The van der Waals surface area contributed by atoms with Gasteiger partial charge < -0.3 is 42.7 Å². The monoisotopic (exact) mass is 327 g/mol. The summed E-state index contributed by atoms with van der Waals surface area (Å²) in [6.07, 6.45) is -1.96. The molecule has 0 radical (unpaired) electrons. The fraction of sp³-hybridized carbons (Fsp3) is 0.727. The van der Waals surface area contributed by atoms with Crippen molar-refractivity contribution in [2.24, 2.45) is 17.2 Å². The molecule has 0 aliphatic carbocycles. The molecule has 5 atom stereocenters. The van der Waals surface area contributed by atoms with Crippen LogP contribution >= 0.6 is 0 Å². The highest BCUT2D eigenvalue weighted by Gasteiger charge is 2.16. The Morgan fingerprint density at radius 2 is 0.864 bits per heavy atom. The minimum atomic E-state index is -1.18. The van der Waals surface area contributed by atoms with Crippen molar-refractivity contribution in [3.8, 4) is 0 Å². The zero-order chi connectivity index (χ0) is 18.6. The first-order valence-electron chi connectivity index (χ1n) is 6.06. The third-order valence-electron chi connectivity index (χ3n) is 2.00. The molecule has 0 spiro atoms. The van der Waals surface area contributed by atoms with E-state index in [1.807, 2.05) is 0 Å². The van der Waals surface area contributed by atoms with Crippen molar-refractivity contribution < 1.29 is 39.9 Å². The van der Waals surface area contributed by atoms with Crippen LogP contribution in [0.3, 0.4) is 0 Å². The molecule has 11 N–H and O–H groups in total. The summed E-state index contributed by atoms with van der Waals surface area (Å²) in [5, 5.41) is 41.0. The van der Waals surface area contributed by atoms with Crippen molar-refractivity contribution in [1.29, 1.82) is 0 Å². The SMILES string of the molecule is C[C@@H](O)[C@H](N)C(=O)O.C[C@@H](O)[C@H](N)C(=O)O.C[C@H](N)C(=O)O. The molecule has 0 aliphatic rings. The average Bonchev–Trinajstić information content (AvgIpc) is 2.37. The van der Waals surface area contributed by atoms with Gasteiger partial charge in [0, 0.05) is 0 Å². The van der Waals surface area contributed by atoms with Gasteiger partial charge in [-0.2, -0.15) is 0 Å². The molecule has 0 saturated carbocycles. The second kappa shape index (κ2) is 12.9. The Kier molecular flexibility index (Phi) is 14.8. The second-order valence-electron chi connectivity index (χ2n) is 4.34. The number of carbonyl (C=O) groups is 3. The van der Waals surface area contributed by atoms with Gasteiger partial charge in [-0.15, -0.1) is 0 Å². The first-order chi connectivity index (χ1) is 9.75. The van der Waals surface area contributed by atoms with E-state index in [4.69, 9.17) is 42.7 Å². The Balaban J connectivity index is -0.000000249. The average molecular weight is 327 g/mol. The maximum absolute atomic E-state index is 9.86. The number of carboxylic acid groups (broad SMARTS) is 3. The molecule has 0 aromatic rings. The van der Waals surface area contributed by atoms with E-state index in [0.29, 0.717) is 0 Å². The van der Waals surface area contributed by atoms with Gasteiger partial charge in [0.1, 0.15) is 18.1 Å². The van der Waals surface area contributed by atoms with Crippen molar-refractivity contribution in [2.45, 2.75) is 51.1 Å². The number of hydrogen-bond donors (Lipinski definition) is 8. The summed E-state index contributed by atoms with van der Waals surface area (Å²) in [5.41, 5.74) is 14.7. The minimum absolute atomic E-state index is 0.731. The van der Waals surface area contributed by atoms with E-state index in [2.05, 4.69) is 0 Å². The summed E-state index contributed by atoms with van der Waals surface area (Å²) >= 11 is 0. The van der Waals surface area contributed by atoms with Crippen molar-refractivity contribution in [3.63, 3.8) is 0 Å². The van der Waals surface area contributed by atoms with Crippen LogP contribution in [0.15, 0.2) is 0 Å². The van der Waals surface area contributed by atoms with E-state index in [1.54, 1.807) is 0 Å². The van der Waals surface area contributed by atoms with Crippen LogP contribution in [0.4, 0.5) is 0 Å². The molecule has 0 aromatic heterocycles. The third-order valence-corrected chi connectivity index (χ3v) is 2.00. The first-order valence-corrected chi connectivity index (χ1v) is 6.06. The van der Waals surface area contributed by atoms with Crippen LogP contribution in [-0.2, 0) is 14.4 Å². The Bertz CT molecular complexity index is 322. The number of nitrogens with two attached hydrogens (primary N) is 3. The Hall–Kier alpha value is -1.79. The van der Waals surface area contributed by atoms with Gasteiger partial charge in [0.25, 0.3) is 0 Å². The van der Waals surface area contributed by atoms with Crippen molar-refractivity contribution in [3.05, 3.63) is 0 Å². The fourth-order valence-electron chi connectivity index (χ4n) is 0.413. The van der Waals surface area contributed by atoms with Gasteiger partial charge in [-0.3, -0.25) is 14.4 Å². The van der Waals surface area contributed by atoms with Crippen LogP contribution < -0.4 is 17.2 Å². The molecule has 0 amide bonds. The van der Waals surface area contributed by atoms with Crippen molar-refractivity contribution >= 4 is 17.9 Å². The predicted octanol–water partition coefficient (Wildman–Crippen LogP) is -3.02. The van der Waals surface area contributed by atoms with Gasteiger partial charge in [-0.25, -0.2) is 0 Å². The molecule has 0 fully saturated rings. The molecular formula is C11H25N3O8. The molecule has 0 bridgehead atoms. The van der Waals surface area contributed by atoms with Crippen LogP contribution in [0, 0.1) is 0 Å². The number of aliphatic carboxylic acids is 3. The third kappa shape index (κ3) is 16.3. The highest BCUT2D eigenvalue weighted by Crippen LogP contribution is 1.86. The standard InChI is InChI=1S/2C4H9NO3.C3H7NO2/c2*1-2(6)3(5)4(7)8;1-2(4)3(5)6/h2*2-3,6H,5H2,1H3,(H,7,8);2H,4H2,1H3,(H,5,6)/t2*2-,3+;2-/m110/s1. The molecule has 132 valence electrons. The number of aliphatic hydroxyl groups is 2. The second-order valence-corrected chi connectivity index (χ2v) is 4.34. The predicted molar refractivity (Wildman–Crippen MR) is 75.9 cm³/mol. The van der Waals surface area contributed by atoms with E-state index >= 15 is 0 Å². The Morgan fingerprint density at radius 1 is 0.682 bits per heavy atom. The smallest absolute Gasteiger partial charge is 0.323 e. The maximum Gasteiger partial charge on any atom is 0.323 e. The van der Waals surface area contributed by atoms with E-state index < -0.39 is 48.2 Å². The number of carboxylic acids is 3. The molecule has 0 aliphatic heterocycles. The first kappa shape index (κ1) is 25.2. The topological polar surface area (TPSA) is 230 Å². The van der Waals surface area contributed by atoms with E-state index in [0.717, 1.165) is 0 Å². The largest absolute Gasteiger partial charge is 0.480 e. The summed E-state index contributed by atoms with van der Waals surface area (Å²) in [7, 11) is 0. The maximum atomic E-state index is 9.86. The Morgan fingerprint density at radius 3 is 0.864 bits per heavy atom. The lowest BCUT2D eigenvalue weighted by Gasteiger charge is -2.07. The highest BCUT2D eigenvalue weighted by molar-refractivity contribution is 5.74.